The van der Waals surface area contributed by atoms with E-state index in [9.17, 15) is 9.59 Å². The largest absolute Gasteiger partial charge is 0.379 e. The first-order chi connectivity index (χ1) is 13.9. The number of anilines is 1. The summed E-state index contributed by atoms with van der Waals surface area (Å²) in [6.07, 6.45) is 0. The van der Waals surface area contributed by atoms with Gasteiger partial charge >= 0.3 is 0 Å². The fourth-order valence-electron chi connectivity index (χ4n) is 2.93. The molecule has 6 nitrogen and oxygen atoms in total. The lowest BCUT2D eigenvalue weighted by Crippen LogP contribution is -3.14. The average molecular weight is 419 g/mol. The first-order valence-electron chi connectivity index (χ1n) is 9.58. The van der Waals surface area contributed by atoms with Gasteiger partial charge in [0.25, 0.3) is 11.8 Å². The van der Waals surface area contributed by atoms with Crippen LogP contribution in [0, 0.1) is 13.8 Å². The van der Waals surface area contributed by atoms with Crippen LogP contribution in [0.5, 0.6) is 0 Å². The van der Waals surface area contributed by atoms with Crippen molar-refractivity contribution >= 4 is 29.1 Å². The standard InChI is InChI=1S/C22H28ClN3O3/c1-16-6-4-9-20(17(16)2)25-22(28)15-26(10-11-29-3)14-21(27)24-13-18-7-5-8-19(23)12-18/h4-9,12H,10-11,13-15H2,1-3H3,(H,24,27)(H,25,28)/p+1. The van der Waals surface area contributed by atoms with Crippen LogP contribution in [-0.4, -0.2) is 45.2 Å². The van der Waals surface area contributed by atoms with Gasteiger partial charge in [0.2, 0.25) is 0 Å². The van der Waals surface area contributed by atoms with Crippen LogP contribution < -0.4 is 15.5 Å². The molecule has 0 aliphatic rings. The highest BCUT2D eigenvalue weighted by atomic mass is 35.5. The number of hydrogen-bond donors (Lipinski definition) is 3. The average Bonchev–Trinajstić information content (AvgIpc) is 2.68. The van der Waals surface area contributed by atoms with E-state index in [1.807, 2.05) is 50.2 Å². The number of hydrogen-bond acceptors (Lipinski definition) is 3. The summed E-state index contributed by atoms with van der Waals surface area (Å²) in [5.41, 5.74) is 3.88. The molecule has 0 aromatic heterocycles. The minimum Gasteiger partial charge on any atom is -0.379 e. The van der Waals surface area contributed by atoms with E-state index in [4.69, 9.17) is 16.3 Å². The Morgan fingerprint density at radius 1 is 1.07 bits per heavy atom. The number of carbonyl (C=O) groups is 2. The van der Waals surface area contributed by atoms with Crippen molar-refractivity contribution in [1.82, 2.24) is 5.32 Å². The number of aryl methyl sites for hydroxylation is 1. The van der Waals surface area contributed by atoms with E-state index < -0.39 is 0 Å². The van der Waals surface area contributed by atoms with Crippen LogP contribution in [0.3, 0.4) is 0 Å². The van der Waals surface area contributed by atoms with Gasteiger partial charge in [-0.3, -0.25) is 9.59 Å². The van der Waals surface area contributed by atoms with Crippen molar-refractivity contribution in [3.8, 4) is 0 Å². The lowest BCUT2D eigenvalue weighted by Gasteiger charge is -2.19. The SMILES string of the molecule is COCC[NH+](CC(=O)NCc1cccc(Cl)c1)CC(=O)Nc1cccc(C)c1C. The van der Waals surface area contributed by atoms with E-state index in [2.05, 4.69) is 10.6 Å². The molecule has 29 heavy (non-hydrogen) atoms. The molecular weight excluding hydrogens is 390 g/mol. The van der Waals surface area contributed by atoms with E-state index in [0.717, 1.165) is 27.3 Å². The summed E-state index contributed by atoms with van der Waals surface area (Å²) in [4.78, 5) is 25.7. The Labute approximate surface area is 177 Å². The lowest BCUT2D eigenvalue weighted by molar-refractivity contribution is -0.884. The van der Waals surface area contributed by atoms with Crippen LogP contribution in [0.1, 0.15) is 16.7 Å². The molecule has 0 aliphatic carbocycles. The highest BCUT2D eigenvalue weighted by Gasteiger charge is 2.18. The van der Waals surface area contributed by atoms with Crippen LogP contribution in [0.25, 0.3) is 0 Å². The zero-order chi connectivity index (χ0) is 21.2. The van der Waals surface area contributed by atoms with Gasteiger partial charge in [-0.15, -0.1) is 0 Å². The van der Waals surface area contributed by atoms with Crippen molar-refractivity contribution < 1.29 is 19.2 Å². The van der Waals surface area contributed by atoms with E-state index in [1.54, 1.807) is 13.2 Å². The summed E-state index contributed by atoms with van der Waals surface area (Å²) in [5, 5.41) is 6.46. The summed E-state index contributed by atoms with van der Waals surface area (Å²) in [5.74, 6) is -0.261. The maximum Gasteiger partial charge on any atom is 0.279 e. The molecule has 1 unspecified atom stereocenters. The molecule has 2 aromatic carbocycles. The van der Waals surface area contributed by atoms with E-state index in [-0.39, 0.29) is 24.9 Å². The quantitative estimate of drug-likeness (QED) is 0.550. The van der Waals surface area contributed by atoms with E-state index >= 15 is 0 Å². The van der Waals surface area contributed by atoms with Gasteiger partial charge in [-0.2, -0.15) is 0 Å². The highest BCUT2D eigenvalue weighted by molar-refractivity contribution is 6.30. The number of amides is 2. The predicted octanol–water partition coefficient (Wildman–Crippen LogP) is 1.74. The molecule has 2 rings (SSSR count). The van der Waals surface area contributed by atoms with Crippen LogP contribution in [0.2, 0.25) is 5.02 Å². The molecule has 0 fully saturated rings. The van der Waals surface area contributed by atoms with Crippen LogP contribution in [-0.2, 0) is 20.9 Å². The summed E-state index contributed by atoms with van der Waals surface area (Å²) in [6.45, 7) is 5.77. The molecule has 0 saturated heterocycles. The fraction of sp³-hybridized carbons (Fsp3) is 0.364. The molecule has 0 spiro atoms. The second-order valence-electron chi connectivity index (χ2n) is 7.05. The molecular formula is C22H29ClN3O3+. The normalized spacial score (nSPS) is 11.7. The zero-order valence-electron chi connectivity index (χ0n) is 17.2. The topological polar surface area (TPSA) is 71.9 Å². The highest BCUT2D eigenvalue weighted by Crippen LogP contribution is 2.17. The van der Waals surface area contributed by atoms with Crippen molar-refractivity contribution in [2.45, 2.75) is 20.4 Å². The maximum atomic E-state index is 12.5. The molecule has 2 amide bonds. The van der Waals surface area contributed by atoms with Gasteiger partial charge in [0.1, 0.15) is 6.54 Å². The molecule has 0 bridgehead atoms. The lowest BCUT2D eigenvalue weighted by atomic mass is 10.1. The van der Waals surface area contributed by atoms with Crippen molar-refractivity contribution in [2.24, 2.45) is 0 Å². The summed E-state index contributed by atoms with van der Waals surface area (Å²) < 4.78 is 5.13. The molecule has 7 heteroatoms. The number of benzene rings is 2. The fourth-order valence-corrected chi connectivity index (χ4v) is 3.14. The number of ether oxygens (including phenoxy) is 1. The van der Waals surface area contributed by atoms with Gasteiger partial charge < -0.3 is 20.3 Å². The van der Waals surface area contributed by atoms with Gasteiger partial charge in [0, 0.05) is 24.4 Å². The monoisotopic (exact) mass is 418 g/mol. The van der Waals surface area contributed by atoms with E-state index in [0.29, 0.717) is 24.7 Å². The number of rotatable bonds is 10. The number of halogens is 1. The summed E-state index contributed by atoms with van der Waals surface area (Å²) in [6, 6.07) is 13.2. The van der Waals surface area contributed by atoms with Crippen molar-refractivity contribution in [1.29, 1.82) is 0 Å². The molecule has 0 radical (unpaired) electrons. The van der Waals surface area contributed by atoms with Crippen LogP contribution in [0.4, 0.5) is 5.69 Å². The minimum atomic E-state index is -0.132. The number of methoxy groups -OCH3 is 1. The van der Waals surface area contributed by atoms with E-state index in [1.165, 1.54) is 0 Å². The Bertz CT molecular complexity index is 842. The van der Waals surface area contributed by atoms with Gasteiger partial charge in [-0.1, -0.05) is 35.9 Å². The van der Waals surface area contributed by atoms with Gasteiger partial charge in [-0.25, -0.2) is 0 Å². The van der Waals surface area contributed by atoms with Crippen LogP contribution in [0.15, 0.2) is 42.5 Å². The van der Waals surface area contributed by atoms with Crippen LogP contribution >= 0.6 is 11.6 Å². The molecule has 0 heterocycles. The maximum absolute atomic E-state index is 12.5. The third-order valence-electron chi connectivity index (χ3n) is 4.74. The Balaban J connectivity index is 1.90. The Kier molecular flexibility index (Phi) is 9.12. The third-order valence-corrected chi connectivity index (χ3v) is 4.97. The molecule has 3 N–H and O–H groups in total. The van der Waals surface area contributed by atoms with Gasteiger partial charge in [0.05, 0.1) is 6.61 Å². The molecule has 1 atom stereocenters. The third kappa shape index (κ3) is 7.85. The Morgan fingerprint density at radius 2 is 1.79 bits per heavy atom. The second-order valence-corrected chi connectivity index (χ2v) is 7.49. The second kappa shape index (κ2) is 11.6. The van der Waals surface area contributed by atoms with Gasteiger partial charge in [0.15, 0.2) is 13.1 Å². The van der Waals surface area contributed by atoms with Crippen molar-refractivity contribution in [3.63, 3.8) is 0 Å². The zero-order valence-corrected chi connectivity index (χ0v) is 17.9. The Morgan fingerprint density at radius 3 is 2.52 bits per heavy atom. The van der Waals surface area contributed by atoms with Crippen molar-refractivity contribution in [3.05, 3.63) is 64.2 Å². The summed E-state index contributed by atoms with van der Waals surface area (Å²) in [7, 11) is 1.60. The molecule has 0 saturated carbocycles. The minimum absolute atomic E-state index is 0.129. The first-order valence-corrected chi connectivity index (χ1v) is 9.96. The number of nitrogens with one attached hydrogen (secondary N) is 3. The number of quaternary nitrogens is 1. The summed E-state index contributed by atoms with van der Waals surface area (Å²) >= 11 is 5.97. The smallest absolute Gasteiger partial charge is 0.279 e. The molecule has 156 valence electrons. The first kappa shape index (κ1) is 22.9. The van der Waals surface area contributed by atoms with Gasteiger partial charge in [-0.05, 0) is 48.7 Å². The molecule has 2 aromatic rings. The van der Waals surface area contributed by atoms with Crippen molar-refractivity contribution in [2.75, 3.05) is 38.7 Å². The molecule has 0 aliphatic heterocycles. The predicted molar refractivity (Wildman–Crippen MR) is 115 cm³/mol. The Hall–Kier alpha value is -2.41. The number of carbonyl (C=O) groups excluding carboxylic acids is 2.